The number of halogens is 1. The summed E-state index contributed by atoms with van der Waals surface area (Å²) in [5.74, 6) is -0.644. The van der Waals surface area contributed by atoms with Gasteiger partial charge in [0.25, 0.3) is 0 Å². The highest BCUT2D eigenvalue weighted by molar-refractivity contribution is 5.92. The molecule has 0 aliphatic heterocycles. The SMILES string of the molecule is CCCNCC(=O)Nc1ccccc1F. The first-order valence-corrected chi connectivity index (χ1v) is 4.99. The van der Waals surface area contributed by atoms with Gasteiger partial charge < -0.3 is 10.6 Å². The van der Waals surface area contributed by atoms with Gasteiger partial charge in [0.1, 0.15) is 5.82 Å². The summed E-state index contributed by atoms with van der Waals surface area (Å²) in [6.45, 7) is 3.01. The van der Waals surface area contributed by atoms with Crippen LogP contribution in [0.1, 0.15) is 13.3 Å². The van der Waals surface area contributed by atoms with Crippen molar-refractivity contribution in [3.63, 3.8) is 0 Å². The van der Waals surface area contributed by atoms with Crippen molar-refractivity contribution in [2.75, 3.05) is 18.4 Å². The van der Waals surface area contributed by atoms with Crippen molar-refractivity contribution >= 4 is 11.6 Å². The van der Waals surface area contributed by atoms with Crippen LogP contribution in [0.25, 0.3) is 0 Å². The monoisotopic (exact) mass is 210 g/mol. The van der Waals surface area contributed by atoms with E-state index < -0.39 is 5.82 Å². The molecule has 4 heteroatoms. The Morgan fingerprint density at radius 1 is 1.40 bits per heavy atom. The van der Waals surface area contributed by atoms with Crippen LogP contribution in [0.2, 0.25) is 0 Å². The lowest BCUT2D eigenvalue weighted by molar-refractivity contribution is -0.115. The zero-order valence-electron chi connectivity index (χ0n) is 8.72. The minimum atomic E-state index is -0.415. The number of benzene rings is 1. The Labute approximate surface area is 88.7 Å². The summed E-state index contributed by atoms with van der Waals surface area (Å²) in [5, 5.41) is 5.43. The largest absolute Gasteiger partial charge is 0.322 e. The molecule has 0 atom stereocenters. The quantitative estimate of drug-likeness (QED) is 0.727. The molecule has 0 saturated carbocycles. The van der Waals surface area contributed by atoms with Crippen molar-refractivity contribution in [1.29, 1.82) is 0 Å². The smallest absolute Gasteiger partial charge is 0.238 e. The molecule has 0 aliphatic rings. The molecule has 0 fully saturated rings. The van der Waals surface area contributed by atoms with Crippen molar-refractivity contribution < 1.29 is 9.18 Å². The van der Waals surface area contributed by atoms with Gasteiger partial charge in [-0.3, -0.25) is 4.79 Å². The van der Waals surface area contributed by atoms with E-state index in [1.807, 2.05) is 6.92 Å². The number of para-hydroxylation sites is 1. The third kappa shape index (κ3) is 4.08. The standard InChI is InChI=1S/C11H15FN2O/c1-2-7-13-8-11(15)14-10-6-4-3-5-9(10)12/h3-6,13H,2,7-8H2,1H3,(H,14,15). The van der Waals surface area contributed by atoms with Crippen molar-refractivity contribution in [3.05, 3.63) is 30.1 Å². The van der Waals surface area contributed by atoms with Gasteiger partial charge in [-0.25, -0.2) is 4.39 Å². The first kappa shape index (κ1) is 11.7. The Bertz CT molecular complexity index is 328. The predicted molar refractivity (Wildman–Crippen MR) is 58.2 cm³/mol. The second-order valence-corrected chi connectivity index (χ2v) is 3.20. The zero-order chi connectivity index (χ0) is 11.1. The minimum Gasteiger partial charge on any atom is -0.322 e. The number of anilines is 1. The molecule has 0 aliphatic carbocycles. The molecule has 0 bridgehead atoms. The normalized spacial score (nSPS) is 10.0. The van der Waals surface area contributed by atoms with Crippen molar-refractivity contribution in [2.45, 2.75) is 13.3 Å². The average Bonchev–Trinajstić information content (AvgIpc) is 2.22. The molecule has 1 aromatic carbocycles. The molecule has 3 nitrogen and oxygen atoms in total. The van der Waals surface area contributed by atoms with Crippen LogP contribution in [0.4, 0.5) is 10.1 Å². The first-order chi connectivity index (χ1) is 7.24. The van der Waals surface area contributed by atoms with Crippen LogP contribution in [0, 0.1) is 5.82 Å². The van der Waals surface area contributed by atoms with Gasteiger partial charge in [0, 0.05) is 0 Å². The molecular weight excluding hydrogens is 195 g/mol. The van der Waals surface area contributed by atoms with Gasteiger partial charge in [0.15, 0.2) is 0 Å². The summed E-state index contributed by atoms with van der Waals surface area (Å²) in [5.41, 5.74) is 0.223. The molecule has 0 unspecified atom stereocenters. The van der Waals surface area contributed by atoms with Gasteiger partial charge in [-0.2, -0.15) is 0 Å². The maximum absolute atomic E-state index is 13.1. The van der Waals surface area contributed by atoms with Gasteiger partial charge >= 0.3 is 0 Å². The van der Waals surface area contributed by atoms with Crippen LogP contribution in [0.15, 0.2) is 24.3 Å². The number of carbonyl (C=O) groups excluding carboxylic acids is 1. The van der Waals surface area contributed by atoms with Crippen molar-refractivity contribution in [3.8, 4) is 0 Å². The Morgan fingerprint density at radius 2 is 2.13 bits per heavy atom. The maximum atomic E-state index is 13.1. The van der Waals surface area contributed by atoms with E-state index in [9.17, 15) is 9.18 Å². The third-order valence-electron chi connectivity index (χ3n) is 1.86. The van der Waals surface area contributed by atoms with Gasteiger partial charge in [0.05, 0.1) is 12.2 Å². The van der Waals surface area contributed by atoms with Crippen molar-refractivity contribution in [1.82, 2.24) is 5.32 Å². The highest BCUT2D eigenvalue weighted by atomic mass is 19.1. The zero-order valence-corrected chi connectivity index (χ0v) is 8.72. The number of carbonyl (C=O) groups is 1. The first-order valence-electron chi connectivity index (χ1n) is 4.99. The van der Waals surface area contributed by atoms with E-state index in [0.717, 1.165) is 13.0 Å². The molecule has 0 aromatic heterocycles. The average molecular weight is 210 g/mol. The molecule has 0 saturated heterocycles. The molecule has 1 rings (SSSR count). The summed E-state index contributed by atoms with van der Waals surface area (Å²) >= 11 is 0. The minimum absolute atomic E-state index is 0.210. The summed E-state index contributed by atoms with van der Waals surface area (Å²) < 4.78 is 13.1. The highest BCUT2D eigenvalue weighted by Crippen LogP contribution is 2.11. The maximum Gasteiger partial charge on any atom is 0.238 e. The van der Waals surface area contributed by atoms with Gasteiger partial charge in [-0.1, -0.05) is 19.1 Å². The Kier molecular flexibility index (Phi) is 4.77. The molecule has 82 valence electrons. The lowest BCUT2D eigenvalue weighted by Crippen LogP contribution is -2.28. The fraction of sp³-hybridized carbons (Fsp3) is 0.364. The van der Waals surface area contributed by atoms with E-state index >= 15 is 0 Å². The van der Waals surface area contributed by atoms with Crippen LogP contribution < -0.4 is 10.6 Å². The second-order valence-electron chi connectivity index (χ2n) is 3.20. The number of hydrogen-bond acceptors (Lipinski definition) is 2. The molecule has 15 heavy (non-hydrogen) atoms. The van der Waals surface area contributed by atoms with Gasteiger partial charge in [-0.05, 0) is 25.1 Å². The number of hydrogen-bond donors (Lipinski definition) is 2. The van der Waals surface area contributed by atoms with Crippen LogP contribution >= 0.6 is 0 Å². The molecule has 1 aromatic rings. The van der Waals surface area contributed by atoms with E-state index in [0.29, 0.717) is 0 Å². The molecule has 0 radical (unpaired) electrons. The third-order valence-corrected chi connectivity index (χ3v) is 1.86. The summed E-state index contributed by atoms with van der Waals surface area (Å²) in [6.07, 6.45) is 0.965. The van der Waals surface area contributed by atoms with E-state index in [1.54, 1.807) is 12.1 Å². The van der Waals surface area contributed by atoms with E-state index in [4.69, 9.17) is 0 Å². The lowest BCUT2D eigenvalue weighted by atomic mass is 10.3. The highest BCUT2D eigenvalue weighted by Gasteiger charge is 2.04. The topological polar surface area (TPSA) is 41.1 Å². The van der Waals surface area contributed by atoms with E-state index in [2.05, 4.69) is 10.6 Å². The Hall–Kier alpha value is -1.42. The summed E-state index contributed by atoms with van der Waals surface area (Å²) in [6, 6.07) is 6.11. The fourth-order valence-corrected chi connectivity index (χ4v) is 1.14. The molecule has 0 spiro atoms. The Balaban J connectivity index is 2.41. The van der Waals surface area contributed by atoms with Crippen LogP contribution in [0.5, 0.6) is 0 Å². The molecule has 0 heterocycles. The van der Waals surface area contributed by atoms with E-state index in [1.165, 1.54) is 12.1 Å². The molecule has 1 amide bonds. The second kappa shape index (κ2) is 6.14. The lowest BCUT2D eigenvalue weighted by Gasteiger charge is -2.06. The number of nitrogens with one attached hydrogen (secondary N) is 2. The number of rotatable bonds is 5. The summed E-state index contributed by atoms with van der Waals surface area (Å²) in [4.78, 5) is 11.3. The number of amides is 1. The van der Waals surface area contributed by atoms with Crippen LogP contribution in [0.3, 0.4) is 0 Å². The van der Waals surface area contributed by atoms with Crippen LogP contribution in [-0.2, 0) is 4.79 Å². The van der Waals surface area contributed by atoms with Gasteiger partial charge in [0.2, 0.25) is 5.91 Å². The molecule has 2 N–H and O–H groups in total. The summed E-state index contributed by atoms with van der Waals surface area (Å²) in [7, 11) is 0. The van der Waals surface area contributed by atoms with Crippen molar-refractivity contribution in [2.24, 2.45) is 0 Å². The molecular formula is C11H15FN2O. The van der Waals surface area contributed by atoms with Crippen LogP contribution in [-0.4, -0.2) is 19.0 Å². The van der Waals surface area contributed by atoms with E-state index in [-0.39, 0.29) is 18.1 Å². The Morgan fingerprint density at radius 3 is 2.80 bits per heavy atom. The van der Waals surface area contributed by atoms with Gasteiger partial charge in [-0.15, -0.1) is 0 Å². The fourth-order valence-electron chi connectivity index (χ4n) is 1.14. The predicted octanol–water partition coefficient (Wildman–Crippen LogP) is 1.76.